The summed E-state index contributed by atoms with van der Waals surface area (Å²) < 4.78 is 5.40. The van der Waals surface area contributed by atoms with Crippen molar-refractivity contribution in [3.05, 3.63) is 0 Å². The molecular weight excluding hydrogens is 168 g/mol. The number of primary amides is 1. The Labute approximate surface area is 78.8 Å². The molecule has 1 saturated heterocycles. The zero-order chi connectivity index (χ0) is 9.68. The van der Waals surface area contributed by atoms with Gasteiger partial charge in [0.2, 0.25) is 5.91 Å². The van der Waals surface area contributed by atoms with Gasteiger partial charge in [-0.05, 0) is 25.8 Å². The number of ether oxygens (including phenoxy) is 1. The summed E-state index contributed by atoms with van der Waals surface area (Å²) in [6.45, 7) is 3.56. The van der Waals surface area contributed by atoms with Crippen molar-refractivity contribution in [3.63, 3.8) is 0 Å². The van der Waals surface area contributed by atoms with Gasteiger partial charge >= 0.3 is 0 Å². The third-order valence-corrected chi connectivity index (χ3v) is 2.35. The van der Waals surface area contributed by atoms with Crippen LogP contribution < -0.4 is 11.1 Å². The first kappa shape index (κ1) is 10.5. The average Bonchev–Trinajstić information content (AvgIpc) is 2.57. The molecule has 3 N–H and O–H groups in total. The third-order valence-electron chi connectivity index (χ3n) is 2.35. The molecule has 2 unspecified atom stereocenters. The number of carbonyl (C=O) groups excluding carboxylic acids is 1. The van der Waals surface area contributed by atoms with E-state index in [2.05, 4.69) is 5.32 Å². The highest BCUT2D eigenvalue weighted by Gasteiger charge is 2.18. The van der Waals surface area contributed by atoms with Gasteiger partial charge in [-0.25, -0.2) is 0 Å². The number of nitrogens with two attached hydrogens (primary N) is 1. The lowest BCUT2D eigenvalue weighted by molar-refractivity contribution is -0.130. The van der Waals surface area contributed by atoms with E-state index in [1.165, 1.54) is 6.42 Å². The van der Waals surface area contributed by atoms with Crippen LogP contribution in [0.4, 0.5) is 0 Å². The van der Waals surface area contributed by atoms with Crippen LogP contribution in [0.3, 0.4) is 0 Å². The molecule has 13 heavy (non-hydrogen) atoms. The van der Waals surface area contributed by atoms with Crippen molar-refractivity contribution in [1.82, 2.24) is 5.32 Å². The molecule has 0 aromatic carbocycles. The lowest BCUT2D eigenvalue weighted by atomic mass is 10.2. The van der Waals surface area contributed by atoms with Crippen molar-refractivity contribution in [2.45, 2.75) is 38.3 Å². The fraction of sp³-hybridized carbons (Fsp3) is 0.889. The molecule has 1 fully saturated rings. The average molecular weight is 186 g/mol. The Morgan fingerprint density at radius 3 is 3.00 bits per heavy atom. The van der Waals surface area contributed by atoms with Crippen molar-refractivity contribution in [1.29, 1.82) is 0 Å². The van der Waals surface area contributed by atoms with Crippen LogP contribution in [0.5, 0.6) is 0 Å². The van der Waals surface area contributed by atoms with Crippen LogP contribution in [-0.4, -0.2) is 31.2 Å². The van der Waals surface area contributed by atoms with Gasteiger partial charge in [0.05, 0.1) is 6.61 Å². The Bertz CT molecular complexity index is 167. The van der Waals surface area contributed by atoms with Crippen molar-refractivity contribution in [3.8, 4) is 0 Å². The van der Waals surface area contributed by atoms with Crippen LogP contribution in [0.15, 0.2) is 0 Å². The fourth-order valence-electron chi connectivity index (χ4n) is 1.53. The highest BCUT2D eigenvalue weighted by Crippen LogP contribution is 2.07. The molecule has 2 atom stereocenters. The monoisotopic (exact) mass is 186 g/mol. The quantitative estimate of drug-likeness (QED) is 0.636. The summed E-state index contributed by atoms with van der Waals surface area (Å²) in [5.41, 5.74) is 5.15. The summed E-state index contributed by atoms with van der Waals surface area (Å²) in [6.07, 6.45) is 2.57. The van der Waals surface area contributed by atoms with Gasteiger partial charge in [-0.2, -0.15) is 0 Å². The van der Waals surface area contributed by atoms with Gasteiger partial charge in [-0.15, -0.1) is 0 Å². The van der Waals surface area contributed by atoms with Crippen LogP contribution >= 0.6 is 0 Å². The maximum absolute atomic E-state index is 10.8. The van der Waals surface area contributed by atoms with Crippen molar-refractivity contribution in [2.24, 2.45) is 5.73 Å². The lowest BCUT2D eigenvalue weighted by Gasteiger charge is -2.15. The topological polar surface area (TPSA) is 64.3 Å². The third kappa shape index (κ3) is 3.32. The summed E-state index contributed by atoms with van der Waals surface area (Å²) in [5.74, 6) is -0.361. The highest BCUT2D eigenvalue weighted by atomic mass is 16.5. The molecule has 4 heteroatoms. The van der Waals surface area contributed by atoms with Gasteiger partial charge in [-0.1, -0.05) is 6.92 Å². The number of nitrogens with one attached hydrogen (secondary N) is 1. The first-order valence-electron chi connectivity index (χ1n) is 4.88. The molecule has 76 valence electrons. The Morgan fingerprint density at radius 1 is 1.77 bits per heavy atom. The second-order valence-corrected chi connectivity index (χ2v) is 3.43. The first-order chi connectivity index (χ1) is 6.24. The minimum atomic E-state index is -0.414. The summed E-state index contributed by atoms with van der Waals surface area (Å²) in [4.78, 5) is 10.8. The zero-order valence-electron chi connectivity index (χ0n) is 8.08. The van der Waals surface area contributed by atoms with Crippen LogP contribution in [0, 0.1) is 0 Å². The molecule has 1 rings (SSSR count). The number of hydrogen-bond donors (Lipinski definition) is 2. The van der Waals surface area contributed by atoms with E-state index in [9.17, 15) is 4.79 Å². The van der Waals surface area contributed by atoms with E-state index in [4.69, 9.17) is 10.5 Å². The maximum Gasteiger partial charge on any atom is 0.246 e. The Morgan fingerprint density at radius 2 is 2.54 bits per heavy atom. The normalized spacial score (nSPS) is 24.5. The summed E-state index contributed by atoms with van der Waals surface area (Å²) in [7, 11) is 0. The molecule has 0 aliphatic carbocycles. The zero-order valence-corrected chi connectivity index (χ0v) is 8.08. The van der Waals surface area contributed by atoms with Crippen LogP contribution in [0.25, 0.3) is 0 Å². The fourth-order valence-corrected chi connectivity index (χ4v) is 1.53. The Hall–Kier alpha value is -0.610. The second kappa shape index (κ2) is 5.19. The smallest absolute Gasteiger partial charge is 0.246 e. The van der Waals surface area contributed by atoms with Gasteiger partial charge in [-0.3, -0.25) is 4.79 Å². The predicted octanol–water partition coefficient (Wildman–Crippen LogP) is 0.0189. The number of hydrogen-bond acceptors (Lipinski definition) is 3. The van der Waals surface area contributed by atoms with E-state index in [1.807, 2.05) is 6.92 Å². The van der Waals surface area contributed by atoms with E-state index in [0.717, 1.165) is 13.0 Å². The van der Waals surface area contributed by atoms with Gasteiger partial charge in [0.25, 0.3) is 0 Å². The van der Waals surface area contributed by atoms with Gasteiger partial charge in [0, 0.05) is 6.04 Å². The molecule has 1 amide bonds. The summed E-state index contributed by atoms with van der Waals surface area (Å²) >= 11 is 0. The second-order valence-electron chi connectivity index (χ2n) is 3.43. The molecule has 0 aromatic heterocycles. The van der Waals surface area contributed by atoms with E-state index >= 15 is 0 Å². The number of rotatable bonds is 5. The molecule has 1 aliphatic heterocycles. The minimum Gasteiger partial charge on any atom is -0.367 e. The molecular formula is C9H18N2O2. The first-order valence-corrected chi connectivity index (χ1v) is 4.88. The van der Waals surface area contributed by atoms with Gasteiger partial charge < -0.3 is 15.8 Å². The SMILES string of the molecule is CCC(OCC1CCCN1)C(N)=O. The molecule has 0 bridgehead atoms. The van der Waals surface area contributed by atoms with Gasteiger partial charge in [0.15, 0.2) is 0 Å². The molecule has 0 aromatic rings. The van der Waals surface area contributed by atoms with E-state index in [0.29, 0.717) is 19.1 Å². The molecule has 0 radical (unpaired) electrons. The molecule has 0 spiro atoms. The molecule has 4 nitrogen and oxygen atoms in total. The Kier molecular flexibility index (Phi) is 4.18. The summed E-state index contributed by atoms with van der Waals surface area (Å²) in [5, 5.41) is 3.30. The number of carbonyl (C=O) groups is 1. The van der Waals surface area contributed by atoms with Crippen molar-refractivity contribution < 1.29 is 9.53 Å². The van der Waals surface area contributed by atoms with Crippen molar-refractivity contribution >= 4 is 5.91 Å². The van der Waals surface area contributed by atoms with Crippen LogP contribution in [-0.2, 0) is 9.53 Å². The maximum atomic E-state index is 10.8. The highest BCUT2D eigenvalue weighted by molar-refractivity contribution is 5.78. The standard InChI is InChI=1S/C9H18N2O2/c1-2-8(9(10)12)13-6-7-4-3-5-11-7/h7-8,11H,2-6H2,1H3,(H2,10,12). The van der Waals surface area contributed by atoms with Crippen LogP contribution in [0.1, 0.15) is 26.2 Å². The number of amides is 1. The van der Waals surface area contributed by atoms with E-state index < -0.39 is 6.10 Å². The molecule has 1 heterocycles. The van der Waals surface area contributed by atoms with Gasteiger partial charge in [0.1, 0.15) is 6.10 Å². The lowest BCUT2D eigenvalue weighted by Crippen LogP contribution is -2.35. The van der Waals surface area contributed by atoms with E-state index in [1.54, 1.807) is 0 Å². The minimum absolute atomic E-state index is 0.361. The molecule has 0 saturated carbocycles. The Balaban J connectivity index is 2.18. The van der Waals surface area contributed by atoms with E-state index in [-0.39, 0.29) is 5.91 Å². The molecule has 1 aliphatic rings. The van der Waals surface area contributed by atoms with Crippen LogP contribution in [0.2, 0.25) is 0 Å². The van der Waals surface area contributed by atoms with Crippen molar-refractivity contribution in [2.75, 3.05) is 13.2 Å². The predicted molar refractivity (Wildman–Crippen MR) is 50.3 cm³/mol. The largest absolute Gasteiger partial charge is 0.367 e. The summed E-state index contributed by atoms with van der Waals surface area (Å²) in [6, 6.07) is 0.411.